The summed E-state index contributed by atoms with van der Waals surface area (Å²) in [5, 5.41) is 15.3. The summed E-state index contributed by atoms with van der Waals surface area (Å²) in [6, 6.07) is 8.73. The Bertz CT molecular complexity index is 1080. The zero-order chi connectivity index (χ0) is 22.0. The smallest absolute Gasteiger partial charge is 0.314 e. The van der Waals surface area contributed by atoms with E-state index in [2.05, 4.69) is 35.0 Å². The number of amides is 2. The summed E-state index contributed by atoms with van der Waals surface area (Å²) in [4.78, 5) is 21.2. The van der Waals surface area contributed by atoms with Crippen molar-refractivity contribution in [1.82, 2.24) is 30.4 Å². The normalized spacial score (nSPS) is 18.7. The highest BCUT2D eigenvalue weighted by Gasteiger charge is 2.24. The molecule has 1 aromatic carbocycles. The lowest BCUT2D eigenvalue weighted by atomic mass is 9.91. The molecule has 3 N–H and O–H groups in total. The number of nitrogens with zero attached hydrogens (tertiary/aromatic N) is 4. The number of aromatic nitrogens is 4. The molecule has 1 aliphatic rings. The van der Waals surface area contributed by atoms with Crippen LogP contribution in [0.5, 0.6) is 0 Å². The minimum atomic E-state index is -0.0776. The minimum Gasteiger partial charge on any atom is -0.367 e. The fourth-order valence-corrected chi connectivity index (χ4v) is 4.31. The molecule has 3 aromatic rings. The van der Waals surface area contributed by atoms with Crippen LogP contribution in [-0.2, 0) is 0 Å². The van der Waals surface area contributed by atoms with Gasteiger partial charge < -0.3 is 16.0 Å². The maximum Gasteiger partial charge on any atom is 0.314 e. The zero-order valence-electron chi connectivity index (χ0n) is 18.7. The first-order chi connectivity index (χ1) is 14.9. The van der Waals surface area contributed by atoms with Gasteiger partial charge in [-0.2, -0.15) is 5.10 Å². The van der Waals surface area contributed by atoms with Crippen LogP contribution in [0.2, 0.25) is 0 Å². The molecular formula is C23H31N7O. The van der Waals surface area contributed by atoms with Gasteiger partial charge in [-0.1, -0.05) is 12.1 Å². The van der Waals surface area contributed by atoms with Crippen molar-refractivity contribution in [2.75, 3.05) is 11.9 Å². The van der Waals surface area contributed by atoms with E-state index in [0.29, 0.717) is 12.6 Å². The van der Waals surface area contributed by atoms with E-state index in [4.69, 9.17) is 15.1 Å². The molecule has 31 heavy (non-hydrogen) atoms. The highest BCUT2D eigenvalue weighted by atomic mass is 16.2. The SMILES string of the molecule is CCNC(=O)NC1CCC(Nc2nc(C)nc3c2c(C)nn3-c2cccc(C)c2)CC1. The molecule has 0 radical (unpaired) electrons. The van der Waals surface area contributed by atoms with Gasteiger partial charge in [0, 0.05) is 18.6 Å². The second kappa shape index (κ2) is 8.91. The van der Waals surface area contributed by atoms with Crippen molar-refractivity contribution in [3.05, 3.63) is 41.3 Å². The Hall–Kier alpha value is -3.16. The van der Waals surface area contributed by atoms with Gasteiger partial charge in [0.1, 0.15) is 11.6 Å². The van der Waals surface area contributed by atoms with E-state index in [9.17, 15) is 4.79 Å². The van der Waals surface area contributed by atoms with Crippen LogP contribution < -0.4 is 16.0 Å². The fourth-order valence-electron chi connectivity index (χ4n) is 4.31. The van der Waals surface area contributed by atoms with Crippen LogP contribution in [0.3, 0.4) is 0 Å². The molecule has 2 aromatic heterocycles. The molecule has 0 spiro atoms. The van der Waals surface area contributed by atoms with Crippen LogP contribution in [0.1, 0.15) is 49.7 Å². The third-order valence-corrected chi connectivity index (χ3v) is 5.80. The quantitative estimate of drug-likeness (QED) is 0.582. The largest absolute Gasteiger partial charge is 0.367 e. The van der Waals surface area contributed by atoms with Gasteiger partial charge in [0.05, 0.1) is 16.8 Å². The molecule has 0 aliphatic heterocycles. The molecule has 8 heteroatoms. The fraction of sp³-hybridized carbons (Fsp3) is 0.478. The van der Waals surface area contributed by atoms with Crippen LogP contribution in [0.15, 0.2) is 24.3 Å². The van der Waals surface area contributed by atoms with E-state index in [1.165, 1.54) is 5.56 Å². The number of nitrogens with one attached hydrogen (secondary N) is 3. The maximum atomic E-state index is 11.8. The van der Waals surface area contributed by atoms with E-state index in [1.807, 2.05) is 37.6 Å². The molecule has 164 valence electrons. The van der Waals surface area contributed by atoms with Gasteiger partial charge in [-0.15, -0.1) is 0 Å². The third-order valence-electron chi connectivity index (χ3n) is 5.80. The molecule has 4 rings (SSSR count). The predicted octanol–water partition coefficient (Wildman–Crippen LogP) is 3.78. The topological polar surface area (TPSA) is 96.8 Å². The lowest BCUT2D eigenvalue weighted by Crippen LogP contribution is -2.44. The lowest BCUT2D eigenvalue weighted by molar-refractivity contribution is 0.232. The molecule has 0 unspecified atom stereocenters. The number of hydrogen-bond acceptors (Lipinski definition) is 5. The summed E-state index contributed by atoms with van der Waals surface area (Å²) >= 11 is 0. The van der Waals surface area contributed by atoms with Gasteiger partial charge in [0.15, 0.2) is 5.65 Å². The molecule has 1 saturated carbocycles. The summed E-state index contributed by atoms with van der Waals surface area (Å²) < 4.78 is 1.91. The van der Waals surface area contributed by atoms with Crippen molar-refractivity contribution in [3.63, 3.8) is 0 Å². The Labute approximate surface area is 182 Å². The van der Waals surface area contributed by atoms with E-state index in [0.717, 1.165) is 59.7 Å². The van der Waals surface area contributed by atoms with Crippen LogP contribution in [0.25, 0.3) is 16.7 Å². The summed E-state index contributed by atoms with van der Waals surface area (Å²) in [6.07, 6.45) is 3.85. The van der Waals surface area contributed by atoms with E-state index < -0.39 is 0 Å². The standard InChI is InChI=1S/C23H31N7O/c1-5-24-23(31)28-18-11-9-17(10-12-18)27-21-20-15(3)29-30(22(20)26-16(4)25-21)19-8-6-7-14(2)13-19/h6-8,13,17-18H,5,9-12H2,1-4H3,(H2,24,28,31)(H,25,26,27). The number of carbonyl (C=O) groups excluding carboxylic acids is 1. The molecule has 0 saturated heterocycles. The number of anilines is 1. The van der Waals surface area contributed by atoms with Crippen molar-refractivity contribution in [1.29, 1.82) is 0 Å². The van der Waals surface area contributed by atoms with E-state index >= 15 is 0 Å². The Morgan fingerprint density at radius 3 is 2.55 bits per heavy atom. The van der Waals surface area contributed by atoms with Gasteiger partial charge in [0.25, 0.3) is 0 Å². The first-order valence-electron chi connectivity index (χ1n) is 11.1. The number of hydrogen-bond donors (Lipinski definition) is 3. The first-order valence-corrected chi connectivity index (χ1v) is 11.1. The van der Waals surface area contributed by atoms with Crippen LogP contribution >= 0.6 is 0 Å². The number of benzene rings is 1. The second-order valence-corrected chi connectivity index (χ2v) is 8.35. The average Bonchev–Trinajstić information content (AvgIpc) is 3.06. The second-order valence-electron chi connectivity index (χ2n) is 8.35. The van der Waals surface area contributed by atoms with Gasteiger partial charge in [0.2, 0.25) is 0 Å². The van der Waals surface area contributed by atoms with Crippen LogP contribution in [-0.4, -0.2) is 44.4 Å². The number of urea groups is 1. The molecule has 1 fully saturated rings. The first kappa shape index (κ1) is 21.1. The Kier molecular flexibility index (Phi) is 6.06. The lowest BCUT2D eigenvalue weighted by Gasteiger charge is -2.30. The maximum absolute atomic E-state index is 11.8. The molecule has 1 aliphatic carbocycles. The van der Waals surface area contributed by atoms with Gasteiger partial charge in [-0.05, 0) is 71.1 Å². The molecule has 2 heterocycles. The number of carbonyl (C=O) groups is 1. The average molecular weight is 422 g/mol. The minimum absolute atomic E-state index is 0.0776. The van der Waals surface area contributed by atoms with E-state index in [-0.39, 0.29) is 12.1 Å². The Balaban J connectivity index is 1.55. The van der Waals surface area contributed by atoms with Crippen molar-refractivity contribution in [2.45, 2.75) is 65.5 Å². The highest BCUT2D eigenvalue weighted by molar-refractivity contribution is 5.90. The third kappa shape index (κ3) is 4.62. The summed E-state index contributed by atoms with van der Waals surface area (Å²) in [5.74, 6) is 1.56. The Morgan fingerprint density at radius 1 is 1.10 bits per heavy atom. The number of aryl methyl sites for hydroxylation is 3. The molecule has 8 nitrogen and oxygen atoms in total. The zero-order valence-corrected chi connectivity index (χ0v) is 18.7. The molecular weight excluding hydrogens is 390 g/mol. The van der Waals surface area contributed by atoms with Crippen LogP contribution in [0, 0.1) is 20.8 Å². The molecule has 2 amide bonds. The van der Waals surface area contributed by atoms with Gasteiger partial charge >= 0.3 is 6.03 Å². The van der Waals surface area contributed by atoms with Gasteiger partial charge in [-0.25, -0.2) is 19.4 Å². The summed E-state index contributed by atoms with van der Waals surface area (Å²) in [6.45, 7) is 8.56. The molecule has 0 bridgehead atoms. The van der Waals surface area contributed by atoms with Crippen molar-refractivity contribution >= 4 is 22.9 Å². The monoisotopic (exact) mass is 421 g/mol. The highest BCUT2D eigenvalue weighted by Crippen LogP contribution is 2.29. The van der Waals surface area contributed by atoms with Crippen LogP contribution in [0.4, 0.5) is 10.6 Å². The Morgan fingerprint density at radius 2 is 1.84 bits per heavy atom. The number of fused-ring (bicyclic) bond motifs is 1. The number of rotatable bonds is 5. The summed E-state index contributed by atoms with van der Waals surface area (Å²) in [5.41, 5.74) is 3.91. The summed E-state index contributed by atoms with van der Waals surface area (Å²) in [7, 11) is 0. The molecule has 0 atom stereocenters. The van der Waals surface area contributed by atoms with Crippen molar-refractivity contribution in [2.24, 2.45) is 0 Å². The van der Waals surface area contributed by atoms with E-state index in [1.54, 1.807) is 0 Å². The van der Waals surface area contributed by atoms with Crippen molar-refractivity contribution < 1.29 is 4.79 Å². The predicted molar refractivity (Wildman–Crippen MR) is 123 cm³/mol. The van der Waals surface area contributed by atoms with Gasteiger partial charge in [-0.3, -0.25) is 0 Å². The van der Waals surface area contributed by atoms with Crippen molar-refractivity contribution in [3.8, 4) is 5.69 Å².